The Morgan fingerprint density at radius 3 is 2.75 bits per heavy atom. The highest BCUT2D eigenvalue weighted by Gasteiger charge is 2.82. The number of carbonyl (C=O) groups is 1. The van der Waals surface area contributed by atoms with Crippen molar-refractivity contribution >= 4 is 5.78 Å². The highest BCUT2D eigenvalue weighted by atomic mass is 16.7. The van der Waals surface area contributed by atoms with Crippen molar-refractivity contribution in [2.24, 2.45) is 16.2 Å². The highest BCUT2D eigenvalue weighted by molar-refractivity contribution is 6.05. The van der Waals surface area contributed by atoms with Crippen molar-refractivity contribution in [1.82, 2.24) is 0 Å². The predicted molar refractivity (Wildman–Crippen MR) is 74.9 cm³/mol. The molecule has 0 amide bonds. The van der Waals surface area contributed by atoms with Gasteiger partial charge in [-0.25, -0.2) is 0 Å². The normalized spacial score (nSPS) is 52.2. The van der Waals surface area contributed by atoms with E-state index in [9.17, 15) is 4.79 Å². The van der Waals surface area contributed by atoms with Gasteiger partial charge in [0.1, 0.15) is 0 Å². The van der Waals surface area contributed by atoms with E-state index in [1.54, 1.807) is 7.11 Å². The molecule has 0 N–H and O–H groups in total. The summed E-state index contributed by atoms with van der Waals surface area (Å²) in [5.74, 6) is -1.14. The van der Waals surface area contributed by atoms with Gasteiger partial charge in [-0.1, -0.05) is 36.8 Å². The summed E-state index contributed by atoms with van der Waals surface area (Å²) >= 11 is 0. The number of ketones is 1. The quantitative estimate of drug-likeness (QED) is 0.689. The first kappa shape index (κ1) is 12.5. The Morgan fingerprint density at radius 1 is 1.40 bits per heavy atom. The number of Topliss-reactive ketones (excluding diaryl/α,β-unsaturated/α-hetero) is 1. The zero-order valence-electron chi connectivity index (χ0n) is 12.5. The Hall–Kier alpha value is -1.19. The molecule has 5 aliphatic rings. The van der Waals surface area contributed by atoms with Crippen molar-refractivity contribution in [3.63, 3.8) is 0 Å². The maximum atomic E-state index is 13.3. The van der Waals surface area contributed by atoms with Crippen LogP contribution in [0.2, 0.25) is 0 Å². The molecule has 3 heteroatoms. The predicted octanol–water partition coefficient (Wildman–Crippen LogP) is 2.79. The summed E-state index contributed by atoms with van der Waals surface area (Å²) in [5.41, 5.74) is 1.98. The van der Waals surface area contributed by atoms with Crippen LogP contribution in [0.4, 0.5) is 0 Å². The SMILES string of the molecule is C=C1CC=C2C13C=C(C)C1(C)C2(C)COC1(OC)C3=O. The topological polar surface area (TPSA) is 35.5 Å². The lowest BCUT2D eigenvalue weighted by Gasteiger charge is -2.61. The second-order valence-electron chi connectivity index (χ2n) is 6.96. The molecule has 0 aromatic rings. The molecule has 1 heterocycles. The summed E-state index contributed by atoms with van der Waals surface area (Å²) < 4.78 is 11.7. The average Bonchev–Trinajstić information content (AvgIpc) is 2.84. The minimum Gasteiger partial charge on any atom is -0.346 e. The molecule has 4 bridgehead atoms. The third-order valence-corrected chi connectivity index (χ3v) is 6.62. The fraction of sp³-hybridized carbons (Fsp3) is 0.588. The van der Waals surface area contributed by atoms with Gasteiger partial charge in [-0.3, -0.25) is 4.79 Å². The van der Waals surface area contributed by atoms with E-state index >= 15 is 0 Å². The van der Waals surface area contributed by atoms with Crippen LogP contribution in [0.3, 0.4) is 0 Å². The fourth-order valence-corrected chi connectivity index (χ4v) is 5.24. The first-order valence-corrected chi connectivity index (χ1v) is 7.14. The van der Waals surface area contributed by atoms with E-state index in [0.29, 0.717) is 6.61 Å². The molecule has 4 unspecified atom stereocenters. The molecule has 1 spiro atoms. The lowest BCUT2D eigenvalue weighted by Crippen LogP contribution is -2.69. The molecule has 2 fully saturated rings. The summed E-state index contributed by atoms with van der Waals surface area (Å²) in [6, 6.07) is 0. The first-order chi connectivity index (χ1) is 9.31. The molecule has 106 valence electrons. The molecule has 5 rings (SSSR count). The van der Waals surface area contributed by atoms with E-state index in [1.807, 2.05) is 0 Å². The molecule has 1 aliphatic heterocycles. The number of rotatable bonds is 1. The maximum Gasteiger partial charge on any atom is 0.240 e. The second kappa shape index (κ2) is 3.02. The van der Waals surface area contributed by atoms with E-state index in [2.05, 4.69) is 39.5 Å². The van der Waals surface area contributed by atoms with E-state index in [1.165, 1.54) is 11.1 Å². The Kier molecular flexibility index (Phi) is 1.90. The molecular formula is C17H20O3. The van der Waals surface area contributed by atoms with Crippen molar-refractivity contribution in [2.45, 2.75) is 33.0 Å². The maximum absolute atomic E-state index is 13.3. The van der Waals surface area contributed by atoms with E-state index in [0.717, 1.165) is 12.0 Å². The summed E-state index contributed by atoms with van der Waals surface area (Å²) in [6.45, 7) is 11.1. The minimum atomic E-state index is -1.16. The second-order valence-corrected chi connectivity index (χ2v) is 6.96. The molecule has 4 aliphatic carbocycles. The summed E-state index contributed by atoms with van der Waals surface area (Å²) in [5, 5.41) is 0. The van der Waals surface area contributed by atoms with Gasteiger partial charge in [0.2, 0.25) is 11.6 Å². The van der Waals surface area contributed by atoms with Gasteiger partial charge in [-0.2, -0.15) is 0 Å². The summed E-state index contributed by atoms with van der Waals surface area (Å²) in [7, 11) is 1.58. The van der Waals surface area contributed by atoms with Gasteiger partial charge in [0.15, 0.2) is 0 Å². The van der Waals surface area contributed by atoms with Crippen molar-refractivity contribution in [3.05, 3.63) is 35.5 Å². The van der Waals surface area contributed by atoms with Crippen LogP contribution in [0.25, 0.3) is 0 Å². The average molecular weight is 272 g/mol. The van der Waals surface area contributed by atoms with E-state index in [4.69, 9.17) is 9.47 Å². The van der Waals surface area contributed by atoms with Crippen LogP contribution in [-0.2, 0) is 14.3 Å². The third kappa shape index (κ3) is 0.793. The van der Waals surface area contributed by atoms with Gasteiger partial charge in [-0.05, 0) is 25.8 Å². The molecule has 0 aromatic carbocycles. The van der Waals surface area contributed by atoms with Gasteiger partial charge >= 0.3 is 0 Å². The molecule has 1 saturated heterocycles. The Labute approximate surface area is 119 Å². The zero-order chi connectivity index (χ0) is 14.6. The number of allylic oxidation sites excluding steroid dienone is 3. The van der Waals surface area contributed by atoms with Crippen LogP contribution >= 0.6 is 0 Å². The third-order valence-electron chi connectivity index (χ3n) is 6.62. The van der Waals surface area contributed by atoms with Crippen molar-refractivity contribution in [3.8, 4) is 0 Å². The number of carbonyl (C=O) groups excluding carboxylic acids is 1. The number of hydrogen-bond acceptors (Lipinski definition) is 3. The molecule has 0 radical (unpaired) electrons. The van der Waals surface area contributed by atoms with Crippen LogP contribution < -0.4 is 0 Å². The Bertz CT molecular complexity index is 643. The monoisotopic (exact) mass is 272 g/mol. The van der Waals surface area contributed by atoms with Gasteiger partial charge in [-0.15, -0.1) is 0 Å². The fourth-order valence-electron chi connectivity index (χ4n) is 5.24. The van der Waals surface area contributed by atoms with Crippen LogP contribution in [-0.4, -0.2) is 25.3 Å². The molecule has 3 nitrogen and oxygen atoms in total. The number of ether oxygens (including phenoxy) is 2. The minimum absolute atomic E-state index is 0.0179. The van der Waals surface area contributed by atoms with Crippen molar-refractivity contribution in [2.75, 3.05) is 13.7 Å². The molecular weight excluding hydrogens is 252 g/mol. The van der Waals surface area contributed by atoms with Gasteiger partial charge in [0.25, 0.3) is 0 Å². The molecule has 4 atom stereocenters. The molecule has 1 saturated carbocycles. The van der Waals surface area contributed by atoms with Crippen LogP contribution in [0.1, 0.15) is 27.2 Å². The summed E-state index contributed by atoms with van der Waals surface area (Å²) in [6.07, 6.45) is 5.08. The van der Waals surface area contributed by atoms with Crippen molar-refractivity contribution in [1.29, 1.82) is 0 Å². The first-order valence-electron chi connectivity index (χ1n) is 7.14. The van der Waals surface area contributed by atoms with Crippen molar-refractivity contribution < 1.29 is 14.3 Å². The van der Waals surface area contributed by atoms with Crippen LogP contribution in [0.15, 0.2) is 35.5 Å². The Balaban J connectivity index is 2.18. The lowest BCUT2D eigenvalue weighted by atomic mass is 9.41. The Morgan fingerprint density at radius 2 is 2.10 bits per heavy atom. The van der Waals surface area contributed by atoms with Crippen LogP contribution in [0.5, 0.6) is 0 Å². The smallest absolute Gasteiger partial charge is 0.240 e. The molecule has 0 aromatic heterocycles. The van der Waals surface area contributed by atoms with E-state index < -0.39 is 16.6 Å². The lowest BCUT2D eigenvalue weighted by molar-refractivity contribution is -0.238. The highest BCUT2D eigenvalue weighted by Crippen LogP contribution is 2.76. The van der Waals surface area contributed by atoms with Gasteiger partial charge in [0, 0.05) is 12.5 Å². The van der Waals surface area contributed by atoms with Gasteiger partial charge < -0.3 is 9.47 Å². The molecule has 20 heavy (non-hydrogen) atoms. The number of methoxy groups -OCH3 is 1. The van der Waals surface area contributed by atoms with E-state index in [-0.39, 0.29) is 11.2 Å². The summed E-state index contributed by atoms with van der Waals surface area (Å²) in [4.78, 5) is 13.3. The largest absolute Gasteiger partial charge is 0.346 e. The number of hydrogen-bond donors (Lipinski definition) is 0. The standard InChI is InChI=1S/C17H20O3/c1-10-6-7-12-14(3)9-20-17(19-5)13(18)16(10,12)8-11(2)15(14,17)4/h7-8H,1,6,9H2,2-5H3. The van der Waals surface area contributed by atoms with Crippen LogP contribution in [0, 0.1) is 16.2 Å². The van der Waals surface area contributed by atoms with Gasteiger partial charge in [0.05, 0.1) is 17.4 Å². The zero-order valence-corrected chi connectivity index (χ0v) is 12.5.